The summed E-state index contributed by atoms with van der Waals surface area (Å²) in [7, 11) is 0. The first kappa shape index (κ1) is 9.95. The van der Waals surface area contributed by atoms with E-state index in [4.69, 9.17) is 0 Å². The van der Waals surface area contributed by atoms with Crippen LogP contribution in [0.3, 0.4) is 0 Å². The van der Waals surface area contributed by atoms with E-state index in [-0.39, 0.29) is 5.92 Å². The second-order valence-corrected chi connectivity index (χ2v) is 4.82. The van der Waals surface area contributed by atoms with Crippen LogP contribution < -0.4 is 0 Å². The Morgan fingerprint density at radius 2 is 1.71 bits per heavy atom. The average Bonchev–Trinajstić information content (AvgIpc) is 2.30. The first-order chi connectivity index (χ1) is 6.90. The van der Waals surface area contributed by atoms with E-state index < -0.39 is 0 Å². The van der Waals surface area contributed by atoms with Crippen LogP contribution in [0, 0.1) is 17.8 Å². The van der Waals surface area contributed by atoms with Gasteiger partial charge in [-0.2, -0.15) is 0 Å². The third-order valence-electron chi connectivity index (χ3n) is 3.87. The third-order valence-corrected chi connectivity index (χ3v) is 3.87. The van der Waals surface area contributed by atoms with Gasteiger partial charge in [0.25, 0.3) is 0 Å². The lowest BCUT2D eigenvalue weighted by Gasteiger charge is -2.31. The Hall–Kier alpha value is -0.590. The lowest BCUT2D eigenvalue weighted by Crippen LogP contribution is -2.20. The number of aldehydes is 1. The smallest absolute Gasteiger partial charge is 0.126 e. The SMILES string of the molecule is O=CC1C=CC(C2CCCCC2)CC1. The molecule has 0 aromatic carbocycles. The Morgan fingerprint density at radius 1 is 0.929 bits per heavy atom. The Kier molecular flexibility index (Phi) is 3.39. The summed E-state index contributed by atoms with van der Waals surface area (Å²) in [6.07, 6.45) is 15.0. The lowest BCUT2D eigenvalue weighted by atomic mass is 9.75. The van der Waals surface area contributed by atoms with Crippen molar-refractivity contribution in [3.63, 3.8) is 0 Å². The van der Waals surface area contributed by atoms with Crippen molar-refractivity contribution in [3.05, 3.63) is 12.2 Å². The van der Waals surface area contributed by atoms with Crippen molar-refractivity contribution in [1.29, 1.82) is 0 Å². The number of allylic oxidation sites excluding steroid dienone is 2. The van der Waals surface area contributed by atoms with Crippen molar-refractivity contribution in [2.75, 3.05) is 0 Å². The highest BCUT2D eigenvalue weighted by Gasteiger charge is 2.24. The summed E-state index contributed by atoms with van der Waals surface area (Å²) in [6, 6.07) is 0. The maximum atomic E-state index is 10.6. The fourth-order valence-electron chi connectivity index (χ4n) is 2.93. The molecule has 1 nitrogen and oxygen atoms in total. The molecule has 2 aliphatic rings. The molecule has 1 saturated carbocycles. The second kappa shape index (κ2) is 4.77. The van der Waals surface area contributed by atoms with Gasteiger partial charge in [0, 0.05) is 5.92 Å². The molecule has 1 fully saturated rings. The molecule has 0 spiro atoms. The molecule has 0 saturated heterocycles. The van der Waals surface area contributed by atoms with Crippen LogP contribution in [0.5, 0.6) is 0 Å². The van der Waals surface area contributed by atoms with Crippen LogP contribution in [0.4, 0.5) is 0 Å². The molecule has 0 radical (unpaired) electrons. The molecule has 0 amide bonds. The molecule has 0 aliphatic heterocycles. The largest absolute Gasteiger partial charge is 0.303 e. The molecule has 2 aliphatic carbocycles. The van der Waals surface area contributed by atoms with Crippen LogP contribution in [0.2, 0.25) is 0 Å². The molecule has 0 heterocycles. The number of hydrogen-bond donors (Lipinski definition) is 0. The summed E-state index contributed by atoms with van der Waals surface area (Å²) in [5, 5.41) is 0. The summed E-state index contributed by atoms with van der Waals surface area (Å²) in [5.74, 6) is 1.92. The molecule has 78 valence electrons. The van der Waals surface area contributed by atoms with Crippen molar-refractivity contribution in [1.82, 2.24) is 0 Å². The molecule has 0 aromatic rings. The molecule has 2 atom stereocenters. The maximum Gasteiger partial charge on any atom is 0.126 e. The van der Waals surface area contributed by atoms with Gasteiger partial charge in [0.15, 0.2) is 0 Å². The Bertz CT molecular complexity index is 213. The summed E-state index contributed by atoms with van der Waals surface area (Å²) in [4.78, 5) is 10.6. The van der Waals surface area contributed by atoms with Gasteiger partial charge >= 0.3 is 0 Å². The van der Waals surface area contributed by atoms with Gasteiger partial charge in [-0.3, -0.25) is 0 Å². The van der Waals surface area contributed by atoms with Gasteiger partial charge < -0.3 is 4.79 Å². The van der Waals surface area contributed by atoms with Crippen LogP contribution in [0.15, 0.2) is 12.2 Å². The van der Waals surface area contributed by atoms with Crippen molar-refractivity contribution in [2.45, 2.75) is 44.9 Å². The minimum atomic E-state index is 0.217. The standard InChI is InChI=1S/C13H20O/c14-10-11-6-8-13(9-7-11)12-4-2-1-3-5-12/h6,8,10-13H,1-5,7,9H2. The van der Waals surface area contributed by atoms with Crippen LogP contribution in [0.1, 0.15) is 44.9 Å². The fourth-order valence-corrected chi connectivity index (χ4v) is 2.93. The topological polar surface area (TPSA) is 17.1 Å². The molecule has 0 N–H and O–H groups in total. The van der Waals surface area contributed by atoms with Crippen molar-refractivity contribution in [2.24, 2.45) is 17.8 Å². The zero-order valence-corrected chi connectivity index (χ0v) is 8.82. The van der Waals surface area contributed by atoms with E-state index in [1.54, 1.807) is 0 Å². The van der Waals surface area contributed by atoms with Gasteiger partial charge in [-0.15, -0.1) is 0 Å². The van der Waals surface area contributed by atoms with Gasteiger partial charge in [0.2, 0.25) is 0 Å². The summed E-state index contributed by atoms with van der Waals surface area (Å²) < 4.78 is 0. The Labute approximate surface area is 86.6 Å². The number of rotatable bonds is 2. The molecule has 1 heteroatoms. The van der Waals surface area contributed by atoms with E-state index in [2.05, 4.69) is 12.2 Å². The van der Waals surface area contributed by atoms with E-state index in [0.717, 1.165) is 24.5 Å². The Balaban J connectivity index is 1.89. The van der Waals surface area contributed by atoms with Gasteiger partial charge in [-0.1, -0.05) is 31.4 Å². The first-order valence-corrected chi connectivity index (χ1v) is 6.04. The highest BCUT2D eigenvalue weighted by atomic mass is 16.1. The van der Waals surface area contributed by atoms with Crippen LogP contribution >= 0.6 is 0 Å². The van der Waals surface area contributed by atoms with Crippen LogP contribution in [-0.4, -0.2) is 6.29 Å². The average molecular weight is 192 g/mol. The summed E-state index contributed by atoms with van der Waals surface area (Å²) >= 11 is 0. The third kappa shape index (κ3) is 2.26. The van der Waals surface area contributed by atoms with Crippen molar-refractivity contribution >= 4 is 6.29 Å². The molecule has 2 rings (SSSR count). The van der Waals surface area contributed by atoms with E-state index in [0.29, 0.717) is 0 Å². The minimum Gasteiger partial charge on any atom is -0.303 e. The lowest BCUT2D eigenvalue weighted by molar-refractivity contribution is -0.110. The summed E-state index contributed by atoms with van der Waals surface area (Å²) in [6.45, 7) is 0. The zero-order chi connectivity index (χ0) is 9.80. The highest BCUT2D eigenvalue weighted by Crippen LogP contribution is 2.36. The Morgan fingerprint density at radius 3 is 2.29 bits per heavy atom. The number of carbonyl (C=O) groups excluding carboxylic acids is 1. The molecular formula is C13H20O. The van der Waals surface area contributed by atoms with E-state index in [1.165, 1.54) is 38.5 Å². The van der Waals surface area contributed by atoms with E-state index >= 15 is 0 Å². The van der Waals surface area contributed by atoms with Crippen LogP contribution in [0.25, 0.3) is 0 Å². The number of hydrogen-bond acceptors (Lipinski definition) is 1. The first-order valence-electron chi connectivity index (χ1n) is 6.04. The molecule has 2 unspecified atom stereocenters. The van der Waals surface area contributed by atoms with E-state index in [1.807, 2.05) is 0 Å². The maximum absolute atomic E-state index is 10.6. The molecule has 14 heavy (non-hydrogen) atoms. The normalized spacial score (nSPS) is 34.3. The van der Waals surface area contributed by atoms with Gasteiger partial charge in [0.05, 0.1) is 0 Å². The van der Waals surface area contributed by atoms with Crippen molar-refractivity contribution < 1.29 is 4.79 Å². The highest BCUT2D eigenvalue weighted by molar-refractivity contribution is 5.56. The van der Waals surface area contributed by atoms with E-state index in [9.17, 15) is 4.79 Å². The zero-order valence-electron chi connectivity index (χ0n) is 8.82. The van der Waals surface area contributed by atoms with Gasteiger partial charge in [-0.25, -0.2) is 0 Å². The van der Waals surface area contributed by atoms with Gasteiger partial charge in [0.1, 0.15) is 6.29 Å². The monoisotopic (exact) mass is 192 g/mol. The second-order valence-electron chi connectivity index (χ2n) is 4.82. The molecule has 0 bridgehead atoms. The van der Waals surface area contributed by atoms with Gasteiger partial charge in [-0.05, 0) is 37.5 Å². The quantitative estimate of drug-likeness (QED) is 0.484. The molecular weight excluding hydrogens is 172 g/mol. The predicted octanol–water partition coefficient (Wildman–Crippen LogP) is 3.35. The van der Waals surface area contributed by atoms with Crippen molar-refractivity contribution in [3.8, 4) is 0 Å². The summed E-state index contributed by atoms with van der Waals surface area (Å²) in [5.41, 5.74) is 0. The van der Waals surface area contributed by atoms with Crippen LogP contribution in [-0.2, 0) is 4.79 Å². The predicted molar refractivity (Wildman–Crippen MR) is 58.0 cm³/mol. The fraction of sp³-hybridized carbons (Fsp3) is 0.769. The molecule has 0 aromatic heterocycles. The number of carbonyl (C=O) groups is 1. The minimum absolute atomic E-state index is 0.217.